The van der Waals surface area contributed by atoms with E-state index in [1.807, 2.05) is 26.0 Å². The number of aryl methyl sites for hydroxylation is 1. The number of benzene rings is 4. The molecule has 0 aromatic heterocycles. The van der Waals surface area contributed by atoms with Crippen LogP contribution < -0.4 is 14.5 Å². The number of esters is 1. The van der Waals surface area contributed by atoms with E-state index >= 15 is 0 Å². The second-order valence-corrected chi connectivity index (χ2v) is 10.5. The molecule has 0 aliphatic rings. The van der Waals surface area contributed by atoms with Gasteiger partial charge in [0.1, 0.15) is 12.3 Å². The predicted octanol–water partition coefficient (Wildman–Crippen LogP) is 4.87. The molecule has 0 aliphatic heterocycles. The molecule has 0 fully saturated rings. The van der Waals surface area contributed by atoms with E-state index in [0.717, 1.165) is 15.4 Å². The Morgan fingerprint density at radius 3 is 2.15 bits per heavy atom. The van der Waals surface area contributed by atoms with Crippen molar-refractivity contribution in [2.75, 3.05) is 10.8 Å². The third-order valence-electron chi connectivity index (χ3n) is 5.97. The molecule has 4 aromatic rings. The average molecular weight is 542 g/mol. The van der Waals surface area contributed by atoms with Crippen LogP contribution in [0.1, 0.15) is 27.0 Å². The van der Waals surface area contributed by atoms with Crippen LogP contribution in [0.15, 0.2) is 113 Å². The molecule has 4 aromatic carbocycles. The molecule has 0 spiro atoms. The van der Waals surface area contributed by atoms with Crippen LogP contribution in [0.2, 0.25) is 0 Å². The van der Waals surface area contributed by atoms with Crippen LogP contribution in [0.3, 0.4) is 0 Å². The molecule has 0 radical (unpaired) electrons. The summed E-state index contributed by atoms with van der Waals surface area (Å²) < 4.78 is 33.4. The van der Waals surface area contributed by atoms with E-state index in [0.29, 0.717) is 22.6 Å². The number of sulfonamides is 1. The zero-order valence-corrected chi connectivity index (χ0v) is 22.3. The van der Waals surface area contributed by atoms with Gasteiger partial charge in [-0.2, -0.15) is 5.10 Å². The molecule has 1 N–H and O–H groups in total. The van der Waals surface area contributed by atoms with Gasteiger partial charge < -0.3 is 4.74 Å². The van der Waals surface area contributed by atoms with Gasteiger partial charge in [-0.1, -0.05) is 48.5 Å². The van der Waals surface area contributed by atoms with Crippen LogP contribution in [0.5, 0.6) is 5.75 Å². The Morgan fingerprint density at radius 2 is 1.49 bits per heavy atom. The molecule has 0 atom stereocenters. The van der Waals surface area contributed by atoms with Crippen molar-refractivity contribution >= 4 is 33.8 Å². The fraction of sp³-hybridized carbons (Fsp3) is 0.100. The van der Waals surface area contributed by atoms with E-state index in [9.17, 15) is 18.0 Å². The fourth-order valence-corrected chi connectivity index (χ4v) is 5.23. The van der Waals surface area contributed by atoms with Crippen LogP contribution in [0.4, 0.5) is 5.69 Å². The molecule has 0 heterocycles. The van der Waals surface area contributed by atoms with Crippen molar-refractivity contribution in [2.45, 2.75) is 18.7 Å². The van der Waals surface area contributed by atoms with Gasteiger partial charge in [-0.3, -0.25) is 9.10 Å². The number of carbonyl (C=O) groups is 2. The lowest BCUT2D eigenvalue weighted by Gasteiger charge is -2.26. The molecular formula is C30H27N3O5S. The van der Waals surface area contributed by atoms with Crippen molar-refractivity contribution < 1.29 is 22.7 Å². The normalized spacial score (nSPS) is 11.2. The number of nitrogens with zero attached hydrogens (tertiary/aromatic N) is 2. The lowest BCUT2D eigenvalue weighted by Crippen LogP contribution is -2.40. The maximum absolute atomic E-state index is 13.5. The lowest BCUT2D eigenvalue weighted by molar-refractivity contribution is -0.119. The highest BCUT2D eigenvalue weighted by molar-refractivity contribution is 7.92. The summed E-state index contributed by atoms with van der Waals surface area (Å²) in [4.78, 5) is 25.1. The molecule has 0 unspecified atom stereocenters. The molecule has 39 heavy (non-hydrogen) atoms. The first kappa shape index (κ1) is 27.3. The largest absolute Gasteiger partial charge is 0.423 e. The second kappa shape index (κ2) is 12.2. The number of rotatable bonds is 9. The van der Waals surface area contributed by atoms with E-state index in [4.69, 9.17) is 4.74 Å². The van der Waals surface area contributed by atoms with Crippen LogP contribution in [-0.4, -0.2) is 33.1 Å². The van der Waals surface area contributed by atoms with Crippen molar-refractivity contribution in [3.05, 3.63) is 125 Å². The maximum Gasteiger partial charge on any atom is 0.343 e. The van der Waals surface area contributed by atoms with Gasteiger partial charge in [0.05, 0.1) is 22.4 Å². The van der Waals surface area contributed by atoms with Gasteiger partial charge in [-0.05, 0) is 85.1 Å². The Labute approximate surface area is 227 Å². The monoisotopic (exact) mass is 541 g/mol. The minimum absolute atomic E-state index is 0.0789. The Balaban J connectivity index is 1.44. The number of hydrogen-bond acceptors (Lipinski definition) is 6. The Bertz CT molecular complexity index is 1590. The number of hydrazone groups is 1. The average Bonchev–Trinajstić information content (AvgIpc) is 2.95. The minimum atomic E-state index is -4.02. The van der Waals surface area contributed by atoms with Crippen LogP contribution in [0, 0.1) is 13.8 Å². The summed E-state index contributed by atoms with van der Waals surface area (Å²) >= 11 is 0. The van der Waals surface area contributed by atoms with Crippen LogP contribution in [0.25, 0.3) is 0 Å². The summed E-state index contributed by atoms with van der Waals surface area (Å²) in [6, 6.07) is 28.5. The summed E-state index contributed by atoms with van der Waals surface area (Å²) in [5.74, 6) is -0.719. The molecule has 4 rings (SSSR count). The number of nitrogens with one attached hydrogen (secondary N) is 1. The Hall–Kier alpha value is -4.76. The molecular weight excluding hydrogens is 514 g/mol. The van der Waals surface area contributed by atoms with Crippen molar-refractivity contribution in [3.63, 3.8) is 0 Å². The van der Waals surface area contributed by atoms with Crippen LogP contribution in [-0.2, 0) is 14.8 Å². The van der Waals surface area contributed by atoms with Gasteiger partial charge in [0.25, 0.3) is 15.9 Å². The lowest BCUT2D eigenvalue weighted by atomic mass is 10.1. The minimum Gasteiger partial charge on any atom is -0.423 e. The first-order chi connectivity index (χ1) is 18.8. The predicted molar refractivity (Wildman–Crippen MR) is 150 cm³/mol. The smallest absolute Gasteiger partial charge is 0.343 e. The molecule has 9 heteroatoms. The van der Waals surface area contributed by atoms with Gasteiger partial charge in [0, 0.05) is 0 Å². The fourth-order valence-electron chi connectivity index (χ4n) is 3.73. The number of anilines is 1. The number of carbonyl (C=O) groups excluding carboxylic acids is 2. The summed E-state index contributed by atoms with van der Waals surface area (Å²) in [7, 11) is -4.02. The SMILES string of the molecule is Cc1cccc(N(CC(=O)N/N=C\c2ccc(OC(=O)c3ccccc3)cc2)S(=O)(=O)c2ccccc2)c1C. The van der Waals surface area contributed by atoms with Crippen molar-refractivity contribution in [3.8, 4) is 5.75 Å². The second-order valence-electron chi connectivity index (χ2n) is 8.66. The first-order valence-electron chi connectivity index (χ1n) is 12.1. The molecule has 0 saturated carbocycles. The van der Waals surface area contributed by atoms with Gasteiger partial charge in [-0.25, -0.2) is 18.6 Å². The van der Waals surface area contributed by atoms with Crippen molar-refractivity contribution in [1.82, 2.24) is 5.43 Å². The van der Waals surface area contributed by atoms with Gasteiger partial charge in [0.15, 0.2) is 0 Å². The highest BCUT2D eigenvalue weighted by Crippen LogP contribution is 2.28. The van der Waals surface area contributed by atoms with Crippen LogP contribution >= 0.6 is 0 Å². The van der Waals surface area contributed by atoms with E-state index in [2.05, 4.69) is 10.5 Å². The highest BCUT2D eigenvalue weighted by atomic mass is 32.2. The topological polar surface area (TPSA) is 105 Å². The van der Waals surface area contributed by atoms with E-state index in [1.54, 1.807) is 78.9 Å². The summed E-state index contributed by atoms with van der Waals surface area (Å²) in [6.45, 7) is 3.23. The molecule has 198 valence electrons. The third kappa shape index (κ3) is 6.77. The zero-order valence-electron chi connectivity index (χ0n) is 21.4. The molecule has 0 bridgehead atoms. The first-order valence-corrected chi connectivity index (χ1v) is 13.5. The molecule has 1 amide bonds. The Morgan fingerprint density at radius 1 is 0.846 bits per heavy atom. The van der Waals surface area contributed by atoms with Crippen molar-refractivity contribution in [2.24, 2.45) is 5.10 Å². The summed E-state index contributed by atoms with van der Waals surface area (Å²) in [5, 5.41) is 3.97. The van der Waals surface area contributed by atoms with E-state index < -0.39 is 28.4 Å². The van der Waals surface area contributed by atoms with Gasteiger partial charge in [-0.15, -0.1) is 0 Å². The summed E-state index contributed by atoms with van der Waals surface area (Å²) in [5.41, 5.74) is 5.54. The molecule has 8 nitrogen and oxygen atoms in total. The standard InChI is InChI=1S/C30H27N3O5S/c1-22-10-9-15-28(23(22)2)33(39(36,37)27-13-7-4-8-14-27)21-29(34)32-31-20-24-16-18-26(19-17-24)38-30(35)25-11-5-3-6-12-25/h3-20H,21H2,1-2H3,(H,32,34)/b31-20-. The number of ether oxygens (including phenoxy) is 1. The van der Waals surface area contributed by atoms with E-state index in [-0.39, 0.29) is 4.90 Å². The summed E-state index contributed by atoms with van der Waals surface area (Å²) in [6.07, 6.45) is 1.41. The number of hydrogen-bond donors (Lipinski definition) is 1. The van der Waals surface area contributed by atoms with Crippen molar-refractivity contribution in [1.29, 1.82) is 0 Å². The molecule has 0 aliphatic carbocycles. The molecule has 0 saturated heterocycles. The zero-order chi connectivity index (χ0) is 27.8. The Kier molecular flexibility index (Phi) is 8.53. The number of amides is 1. The third-order valence-corrected chi connectivity index (χ3v) is 7.74. The van der Waals surface area contributed by atoms with Gasteiger partial charge in [0.2, 0.25) is 0 Å². The van der Waals surface area contributed by atoms with E-state index in [1.165, 1.54) is 18.3 Å². The highest BCUT2D eigenvalue weighted by Gasteiger charge is 2.28. The van der Waals surface area contributed by atoms with Gasteiger partial charge >= 0.3 is 5.97 Å². The maximum atomic E-state index is 13.5. The quantitative estimate of drug-likeness (QED) is 0.141.